The van der Waals surface area contributed by atoms with Gasteiger partial charge in [0.15, 0.2) is 5.75 Å². The van der Waals surface area contributed by atoms with Crippen LogP contribution in [0.25, 0.3) is 0 Å². The zero-order chi connectivity index (χ0) is 15.3. The van der Waals surface area contributed by atoms with Crippen molar-refractivity contribution in [2.24, 2.45) is 5.73 Å². The van der Waals surface area contributed by atoms with E-state index >= 15 is 0 Å². The zero-order valence-electron chi connectivity index (χ0n) is 10.3. The summed E-state index contributed by atoms with van der Waals surface area (Å²) in [6.07, 6.45) is -0.541. The minimum absolute atomic E-state index is 0.0524. The summed E-state index contributed by atoms with van der Waals surface area (Å²) >= 11 is 0. The Kier molecular flexibility index (Phi) is 4.98. The standard InChI is InChI=1S/C11H13N3O6/c12-5-9(15)13-7(4-10(16)17)6-2-1-3-8(11(6)18)14(19)20/h1-3,7,18H,4-5,12H2,(H,13,15)(H,16,17). The number of aromatic hydroxyl groups is 1. The molecule has 0 aliphatic carbocycles. The van der Waals surface area contributed by atoms with Gasteiger partial charge in [0.1, 0.15) is 0 Å². The molecule has 9 nitrogen and oxygen atoms in total. The van der Waals surface area contributed by atoms with E-state index in [4.69, 9.17) is 10.8 Å². The average Bonchev–Trinajstić information content (AvgIpc) is 2.37. The summed E-state index contributed by atoms with van der Waals surface area (Å²) in [4.78, 5) is 32.0. The first-order valence-corrected chi connectivity index (χ1v) is 5.54. The predicted molar refractivity (Wildman–Crippen MR) is 67.0 cm³/mol. The molecule has 9 heteroatoms. The molecule has 1 atom stereocenters. The van der Waals surface area contributed by atoms with Crippen LogP contribution in [0, 0.1) is 10.1 Å². The predicted octanol–water partition coefficient (Wildman–Crippen LogP) is -0.109. The Hall–Kier alpha value is -2.68. The van der Waals surface area contributed by atoms with Crippen molar-refractivity contribution < 1.29 is 24.7 Å². The lowest BCUT2D eigenvalue weighted by molar-refractivity contribution is -0.386. The third-order valence-corrected chi connectivity index (χ3v) is 2.52. The van der Waals surface area contributed by atoms with Crippen LogP contribution in [-0.2, 0) is 9.59 Å². The van der Waals surface area contributed by atoms with E-state index in [9.17, 15) is 24.8 Å². The van der Waals surface area contributed by atoms with Crippen molar-refractivity contribution in [2.45, 2.75) is 12.5 Å². The second kappa shape index (κ2) is 6.48. The number of phenolic OH excluding ortho intramolecular Hbond substituents is 1. The first kappa shape index (κ1) is 15.4. The number of hydrogen-bond donors (Lipinski definition) is 4. The molecule has 0 aliphatic heterocycles. The van der Waals surface area contributed by atoms with Crippen molar-refractivity contribution >= 4 is 17.6 Å². The van der Waals surface area contributed by atoms with Crippen LogP contribution in [0.1, 0.15) is 18.0 Å². The smallest absolute Gasteiger partial charge is 0.311 e. The van der Waals surface area contributed by atoms with E-state index in [1.807, 2.05) is 0 Å². The molecule has 0 radical (unpaired) electrons. The van der Waals surface area contributed by atoms with Crippen molar-refractivity contribution in [3.05, 3.63) is 33.9 Å². The van der Waals surface area contributed by atoms with Gasteiger partial charge in [0.2, 0.25) is 5.91 Å². The molecule has 0 heterocycles. The SMILES string of the molecule is NCC(=O)NC(CC(=O)O)c1cccc([N+](=O)[O-])c1O. The topological polar surface area (TPSA) is 156 Å². The lowest BCUT2D eigenvalue weighted by atomic mass is 10.0. The summed E-state index contributed by atoms with van der Waals surface area (Å²) < 4.78 is 0. The molecule has 0 saturated heterocycles. The zero-order valence-corrected chi connectivity index (χ0v) is 10.3. The Labute approximate surface area is 113 Å². The molecule has 108 valence electrons. The highest BCUT2D eigenvalue weighted by molar-refractivity contribution is 5.79. The van der Waals surface area contributed by atoms with Crippen molar-refractivity contribution in [3.8, 4) is 5.75 Å². The second-order valence-corrected chi connectivity index (χ2v) is 3.89. The van der Waals surface area contributed by atoms with Crippen LogP contribution in [-0.4, -0.2) is 33.6 Å². The number of benzene rings is 1. The second-order valence-electron chi connectivity index (χ2n) is 3.89. The minimum atomic E-state index is -1.24. The number of nitro benzene ring substituents is 1. The molecule has 0 fully saturated rings. The highest BCUT2D eigenvalue weighted by Crippen LogP contribution is 2.34. The fourth-order valence-electron chi connectivity index (χ4n) is 1.64. The lowest BCUT2D eigenvalue weighted by Gasteiger charge is -2.17. The van der Waals surface area contributed by atoms with Crippen LogP contribution in [0.15, 0.2) is 18.2 Å². The summed E-state index contributed by atoms with van der Waals surface area (Å²) in [6.45, 7) is -0.369. The van der Waals surface area contributed by atoms with E-state index in [2.05, 4.69) is 5.32 Å². The number of phenols is 1. The Balaban J connectivity index is 3.19. The van der Waals surface area contributed by atoms with Gasteiger partial charge in [-0.25, -0.2) is 0 Å². The molecule has 0 bridgehead atoms. The van der Waals surface area contributed by atoms with E-state index < -0.39 is 40.7 Å². The van der Waals surface area contributed by atoms with Gasteiger partial charge in [0, 0.05) is 11.6 Å². The Morgan fingerprint density at radius 1 is 1.45 bits per heavy atom. The highest BCUT2D eigenvalue weighted by Gasteiger charge is 2.25. The normalized spacial score (nSPS) is 11.7. The monoisotopic (exact) mass is 283 g/mol. The summed E-state index contributed by atoms with van der Waals surface area (Å²) in [6, 6.07) is 2.55. The summed E-state index contributed by atoms with van der Waals surface area (Å²) in [7, 11) is 0. The van der Waals surface area contributed by atoms with Crippen molar-refractivity contribution in [2.75, 3.05) is 6.54 Å². The number of nitrogens with two attached hydrogens (primary N) is 1. The molecular weight excluding hydrogens is 270 g/mol. The van der Waals surface area contributed by atoms with Crippen LogP contribution < -0.4 is 11.1 Å². The molecule has 1 unspecified atom stereocenters. The molecule has 0 spiro atoms. The van der Waals surface area contributed by atoms with Crippen LogP contribution in [0.2, 0.25) is 0 Å². The molecule has 20 heavy (non-hydrogen) atoms. The number of carbonyl (C=O) groups is 2. The summed E-state index contributed by atoms with van der Waals surface area (Å²) in [5, 5.41) is 31.6. The Morgan fingerprint density at radius 2 is 2.10 bits per heavy atom. The van der Waals surface area contributed by atoms with E-state index in [0.29, 0.717) is 0 Å². The molecule has 0 aliphatic rings. The molecule has 1 aromatic rings. The number of carbonyl (C=O) groups excluding carboxylic acids is 1. The fourth-order valence-corrected chi connectivity index (χ4v) is 1.64. The Bertz CT molecular complexity index is 545. The molecule has 0 saturated carbocycles. The number of aliphatic carboxylic acids is 1. The minimum Gasteiger partial charge on any atom is -0.502 e. The van der Waals surface area contributed by atoms with Crippen LogP contribution >= 0.6 is 0 Å². The van der Waals surface area contributed by atoms with E-state index in [-0.39, 0.29) is 12.1 Å². The van der Waals surface area contributed by atoms with Crippen molar-refractivity contribution in [1.82, 2.24) is 5.32 Å². The maximum atomic E-state index is 11.3. The fraction of sp³-hybridized carbons (Fsp3) is 0.273. The van der Waals surface area contributed by atoms with Crippen LogP contribution in [0.4, 0.5) is 5.69 Å². The van der Waals surface area contributed by atoms with Gasteiger partial charge in [-0.15, -0.1) is 0 Å². The summed E-state index contributed by atoms with van der Waals surface area (Å²) in [5.74, 6) is -2.55. The van der Waals surface area contributed by atoms with Gasteiger partial charge in [-0.2, -0.15) is 0 Å². The van der Waals surface area contributed by atoms with Gasteiger partial charge in [-0.3, -0.25) is 19.7 Å². The first-order chi connectivity index (χ1) is 9.36. The Morgan fingerprint density at radius 3 is 2.60 bits per heavy atom. The van der Waals surface area contributed by atoms with Crippen LogP contribution in [0.5, 0.6) is 5.75 Å². The van der Waals surface area contributed by atoms with Gasteiger partial charge in [-0.05, 0) is 0 Å². The van der Waals surface area contributed by atoms with Gasteiger partial charge in [-0.1, -0.05) is 12.1 Å². The number of para-hydroxylation sites is 1. The van der Waals surface area contributed by atoms with Crippen LogP contribution in [0.3, 0.4) is 0 Å². The number of hydrogen-bond acceptors (Lipinski definition) is 6. The number of carboxylic acids is 1. The quantitative estimate of drug-likeness (QED) is 0.419. The summed E-state index contributed by atoms with van der Waals surface area (Å²) in [5.41, 5.74) is 4.49. The number of nitrogens with zero attached hydrogens (tertiary/aromatic N) is 1. The van der Waals surface area contributed by atoms with Crippen molar-refractivity contribution in [1.29, 1.82) is 0 Å². The molecule has 1 amide bonds. The van der Waals surface area contributed by atoms with Gasteiger partial charge >= 0.3 is 11.7 Å². The van der Waals surface area contributed by atoms with E-state index in [1.54, 1.807) is 0 Å². The number of rotatable bonds is 6. The number of nitrogens with one attached hydrogen (secondary N) is 1. The third kappa shape index (κ3) is 3.65. The molecule has 1 rings (SSSR count). The largest absolute Gasteiger partial charge is 0.502 e. The van der Waals surface area contributed by atoms with Gasteiger partial charge in [0.05, 0.1) is 23.9 Å². The number of nitro groups is 1. The number of carboxylic acid groups (broad SMARTS) is 1. The van der Waals surface area contributed by atoms with Gasteiger partial charge in [0.25, 0.3) is 0 Å². The number of amides is 1. The maximum Gasteiger partial charge on any atom is 0.311 e. The molecule has 5 N–H and O–H groups in total. The van der Waals surface area contributed by atoms with E-state index in [0.717, 1.165) is 6.07 Å². The molecular formula is C11H13N3O6. The van der Waals surface area contributed by atoms with Crippen molar-refractivity contribution in [3.63, 3.8) is 0 Å². The van der Waals surface area contributed by atoms with E-state index in [1.165, 1.54) is 12.1 Å². The first-order valence-electron chi connectivity index (χ1n) is 5.54. The highest BCUT2D eigenvalue weighted by atomic mass is 16.6. The average molecular weight is 283 g/mol. The molecule has 0 aromatic heterocycles. The lowest BCUT2D eigenvalue weighted by Crippen LogP contribution is -2.34. The molecule has 1 aromatic carbocycles. The third-order valence-electron chi connectivity index (χ3n) is 2.52. The van der Waals surface area contributed by atoms with Gasteiger partial charge < -0.3 is 21.3 Å². The maximum absolute atomic E-state index is 11.3.